The van der Waals surface area contributed by atoms with E-state index in [0.717, 1.165) is 0 Å². The summed E-state index contributed by atoms with van der Waals surface area (Å²) in [6.45, 7) is 9.05. The Bertz CT molecular complexity index is 511. The van der Waals surface area contributed by atoms with E-state index in [1.165, 1.54) is 11.1 Å². The van der Waals surface area contributed by atoms with Crippen molar-refractivity contribution in [2.75, 3.05) is 13.1 Å². The molecule has 0 saturated heterocycles. The standard InChI is InChI=1S/C18H27NO3/c1-13(2)12-19(10-9-18(21)22)17(20)11-15(4)16-8-6-5-7-14(16)3/h5-8,13,15H,9-12H2,1-4H3,(H,21,22). The first-order valence-corrected chi connectivity index (χ1v) is 7.86. The highest BCUT2D eigenvalue weighted by atomic mass is 16.4. The van der Waals surface area contributed by atoms with E-state index in [2.05, 4.69) is 6.07 Å². The third kappa shape index (κ3) is 5.88. The Morgan fingerprint density at radius 2 is 1.82 bits per heavy atom. The van der Waals surface area contributed by atoms with Crippen molar-refractivity contribution in [3.05, 3.63) is 35.4 Å². The number of carboxylic acid groups (broad SMARTS) is 1. The maximum absolute atomic E-state index is 12.5. The van der Waals surface area contributed by atoms with E-state index < -0.39 is 5.97 Å². The van der Waals surface area contributed by atoms with Crippen LogP contribution >= 0.6 is 0 Å². The van der Waals surface area contributed by atoms with Gasteiger partial charge in [0.1, 0.15) is 0 Å². The molecule has 0 aliphatic carbocycles. The van der Waals surface area contributed by atoms with Crippen molar-refractivity contribution in [1.82, 2.24) is 4.90 Å². The molecule has 4 nitrogen and oxygen atoms in total. The molecule has 1 aromatic carbocycles. The number of nitrogens with zero attached hydrogens (tertiary/aromatic N) is 1. The molecule has 0 aliphatic heterocycles. The highest BCUT2D eigenvalue weighted by Gasteiger charge is 2.20. The van der Waals surface area contributed by atoms with E-state index >= 15 is 0 Å². The van der Waals surface area contributed by atoms with Gasteiger partial charge in [-0.25, -0.2) is 0 Å². The van der Waals surface area contributed by atoms with Crippen LogP contribution < -0.4 is 0 Å². The van der Waals surface area contributed by atoms with Crippen LogP contribution in [0.5, 0.6) is 0 Å². The van der Waals surface area contributed by atoms with E-state index in [1.54, 1.807) is 4.90 Å². The Hall–Kier alpha value is -1.84. The van der Waals surface area contributed by atoms with Gasteiger partial charge in [0.2, 0.25) is 5.91 Å². The Morgan fingerprint density at radius 1 is 1.18 bits per heavy atom. The predicted molar refractivity (Wildman–Crippen MR) is 87.9 cm³/mol. The molecule has 0 aliphatic rings. The van der Waals surface area contributed by atoms with Crippen molar-refractivity contribution in [1.29, 1.82) is 0 Å². The van der Waals surface area contributed by atoms with Crippen LogP contribution in [0.15, 0.2) is 24.3 Å². The highest BCUT2D eigenvalue weighted by molar-refractivity contribution is 5.78. The maximum atomic E-state index is 12.5. The van der Waals surface area contributed by atoms with Gasteiger partial charge in [0.15, 0.2) is 0 Å². The number of carbonyl (C=O) groups excluding carboxylic acids is 1. The van der Waals surface area contributed by atoms with Gasteiger partial charge >= 0.3 is 5.97 Å². The summed E-state index contributed by atoms with van der Waals surface area (Å²) in [5.41, 5.74) is 2.36. The van der Waals surface area contributed by atoms with Crippen LogP contribution in [-0.4, -0.2) is 35.0 Å². The van der Waals surface area contributed by atoms with Crippen molar-refractivity contribution < 1.29 is 14.7 Å². The molecule has 1 atom stereocenters. The lowest BCUT2D eigenvalue weighted by molar-refractivity contribution is -0.138. The highest BCUT2D eigenvalue weighted by Crippen LogP contribution is 2.23. The van der Waals surface area contributed by atoms with E-state index in [1.807, 2.05) is 45.9 Å². The van der Waals surface area contributed by atoms with Gasteiger partial charge in [0.05, 0.1) is 6.42 Å². The third-order valence-electron chi connectivity index (χ3n) is 3.73. The largest absolute Gasteiger partial charge is 0.481 e. The Labute approximate surface area is 133 Å². The van der Waals surface area contributed by atoms with E-state index in [4.69, 9.17) is 5.11 Å². The Morgan fingerprint density at radius 3 is 2.36 bits per heavy atom. The van der Waals surface area contributed by atoms with Gasteiger partial charge in [-0.1, -0.05) is 45.0 Å². The molecule has 1 amide bonds. The lowest BCUT2D eigenvalue weighted by Crippen LogP contribution is -2.36. The number of carbonyl (C=O) groups is 2. The van der Waals surface area contributed by atoms with Crippen molar-refractivity contribution >= 4 is 11.9 Å². The molecule has 1 rings (SSSR count). The number of rotatable bonds is 8. The number of aryl methyl sites for hydroxylation is 1. The van der Waals surface area contributed by atoms with Gasteiger partial charge in [-0.05, 0) is 29.9 Å². The average Bonchev–Trinajstić information content (AvgIpc) is 2.43. The molecular formula is C18H27NO3. The van der Waals surface area contributed by atoms with Gasteiger partial charge in [-0.2, -0.15) is 0 Å². The second-order valence-corrected chi connectivity index (χ2v) is 6.34. The minimum atomic E-state index is -0.867. The second-order valence-electron chi connectivity index (χ2n) is 6.34. The normalized spacial score (nSPS) is 12.2. The maximum Gasteiger partial charge on any atom is 0.305 e. The third-order valence-corrected chi connectivity index (χ3v) is 3.73. The number of aliphatic carboxylic acids is 1. The zero-order valence-corrected chi connectivity index (χ0v) is 14.0. The van der Waals surface area contributed by atoms with E-state index in [-0.39, 0.29) is 24.8 Å². The lowest BCUT2D eigenvalue weighted by Gasteiger charge is -2.26. The number of benzene rings is 1. The van der Waals surface area contributed by atoms with E-state index in [0.29, 0.717) is 18.9 Å². The molecule has 0 saturated carbocycles. The smallest absolute Gasteiger partial charge is 0.305 e. The summed E-state index contributed by atoms with van der Waals surface area (Å²) in [4.78, 5) is 25.0. The van der Waals surface area contributed by atoms with Crippen molar-refractivity contribution in [2.24, 2.45) is 5.92 Å². The molecule has 0 bridgehead atoms. The molecule has 1 unspecified atom stereocenters. The van der Waals surface area contributed by atoms with Gasteiger partial charge in [0, 0.05) is 19.5 Å². The molecule has 0 fully saturated rings. The molecule has 4 heteroatoms. The van der Waals surface area contributed by atoms with Crippen molar-refractivity contribution in [3.63, 3.8) is 0 Å². The molecule has 0 heterocycles. The summed E-state index contributed by atoms with van der Waals surface area (Å²) in [7, 11) is 0. The Kier molecular flexibility index (Phi) is 7.09. The number of amides is 1. The number of hydrogen-bond acceptors (Lipinski definition) is 2. The summed E-state index contributed by atoms with van der Waals surface area (Å²) >= 11 is 0. The summed E-state index contributed by atoms with van der Waals surface area (Å²) in [5.74, 6) is -0.376. The fraction of sp³-hybridized carbons (Fsp3) is 0.556. The lowest BCUT2D eigenvalue weighted by atomic mass is 9.93. The molecule has 1 aromatic rings. The quantitative estimate of drug-likeness (QED) is 0.800. The average molecular weight is 305 g/mol. The zero-order valence-electron chi connectivity index (χ0n) is 14.0. The van der Waals surface area contributed by atoms with Gasteiger partial charge < -0.3 is 10.0 Å². The summed E-state index contributed by atoms with van der Waals surface area (Å²) in [6, 6.07) is 8.08. The number of hydrogen-bond donors (Lipinski definition) is 1. The zero-order chi connectivity index (χ0) is 16.7. The molecule has 0 aromatic heterocycles. The van der Waals surface area contributed by atoms with Crippen molar-refractivity contribution in [2.45, 2.75) is 46.5 Å². The molecule has 0 spiro atoms. The fourth-order valence-electron chi connectivity index (χ4n) is 2.63. The predicted octanol–water partition coefficient (Wildman–Crippen LogP) is 3.45. The molecule has 22 heavy (non-hydrogen) atoms. The van der Waals surface area contributed by atoms with Crippen LogP contribution in [0.4, 0.5) is 0 Å². The summed E-state index contributed by atoms with van der Waals surface area (Å²) in [6.07, 6.45) is 0.411. The Balaban J connectivity index is 2.72. The van der Waals surface area contributed by atoms with Crippen LogP contribution in [0.3, 0.4) is 0 Å². The van der Waals surface area contributed by atoms with Crippen molar-refractivity contribution in [3.8, 4) is 0 Å². The SMILES string of the molecule is Cc1ccccc1C(C)CC(=O)N(CCC(=O)O)CC(C)C. The number of carboxylic acids is 1. The topological polar surface area (TPSA) is 57.6 Å². The van der Waals surface area contributed by atoms with Crippen LogP contribution in [-0.2, 0) is 9.59 Å². The van der Waals surface area contributed by atoms with Crippen LogP contribution in [0, 0.1) is 12.8 Å². The summed E-state index contributed by atoms with van der Waals surface area (Å²) < 4.78 is 0. The molecule has 1 N–H and O–H groups in total. The molecule has 0 radical (unpaired) electrons. The van der Waals surface area contributed by atoms with E-state index in [9.17, 15) is 9.59 Å². The van der Waals surface area contributed by atoms with Gasteiger partial charge in [-0.3, -0.25) is 9.59 Å². The van der Waals surface area contributed by atoms with Crippen LogP contribution in [0.25, 0.3) is 0 Å². The summed E-state index contributed by atoms with van der Waals surface area (Å²) in [5, 5.41) is 8.84. The van der Waals surface area contributed by atoms with Gasteiger partial charge in [-0.15, -0.1) is 0 Å². The van der Waals surface area contributed by atoms with Crippen LogP contribution in [0.2, 0.25) is 0 Å². The monoisotopic (exact) mass is 305 g/mol. The first-order valence-electron chi connectivity index (χ1n) is 7.86. The first kappa shape index (κ1) is 18.2. The minimum Gasteiger partial charge on any atom is -0.481 e. The fourth-order valence-corrected chi connectivity index (χ4v) is 2.63. The minimum absolute atomic E-state index is 0.00277. The molecule has 122 valence electrons. The van der Waals surface area contributed by atoms with Crippen LogP contribution in [0.1, 0.15) is 50.7 Å². The first-order chi connectivity index (χ1) is 10.3. The molecular weight excluding hydrogens is 278 g/mol. The second kappa shape index (κ2) is 8.57. The van der Waals surface area contributed by atoms with Gasteiger partial charge in [0.25, 0.3) is 0 Å².